The fraction of sp³-hybridized carbons (Fsp3) is 0.312. The SMILES string of the molecule is Cc1ccc(N)cc1C1CCCc2cccnc21. The number of nitrogens with zero attached hydrogens (tertiary/aromatic N) is 1. The molecule has 0 aliphatic heterocycles. The zero-order valence-corrected chi connectivity index (χ0v) is 10.7. The molecular weight excluding hydrogens is 220 g/mol. The van der Waals surface area contributed by atoms with Crippen LogP contribution in [-0.4, -0.2) is 4.98 Å². The van der Waals surface area contributed by atoms with Crippen molar-refractivity contribution in [1.29, 1.82) is 0 Å². The third-order valence-electron chi connectivity index (χ3n) is 3.87. The van der Waals surface area contributed by atoms with Crippen molar-refractivity contribution in [3.63, 3.8) is 0 Å². The molecular formula is C16H18N2. The quantitative estimate of drug-likeness (QED) is 0.773. The van der Waals surface area contributed by atoms with Crippen molar-refractivity contribution in [2.75, 3.05) is 5.73 Å². The molecule has 0 fully saturated rings. The molecule has 1 heterocycles. The molecule has 0 amide bonds. The molecule has 0 saturated heterocycles. The van der Waals surface area contributed by atoms with Gasteiger partial charge < -0.3 is 5.73 Å². The van der Waals surface area contributed by atoms with Gasteiger partial charge in [-0.15, -0.1) is 0 Å². The van der Waals surface area contributed by atoms with E-state index in [9.17, 15) is 0 Å². The largest absolute Gasteiger partial charge is 0.399 e. The van der Waals surface area contributed by atoms with E-state index in [4.69, 9.17) is 5.73 Å². The number of pyridine rings is 1. The Bertz CT molecular complexity index is 575. The Kier molecular flexibility index (Phi) is 2.78. The lowest BCUT2D eigenvalue weighted by Gasteiger charge is -2.26. The molecule has 2 heteroatoms. The van der Waals surface area contributed by atoms with E-state index in [2.05, 4.69) is 30.1 Å². The van der Waals surface area contributed by atoms with Gasteiger partial charge in [-0.1, -0.05) is 12.1 Å². The Morgan fingerprint density at radius 2 is 2.17 bits per heavy atom. The maximum atomic E-state index is 5.93. The minimum absolute atomic E-state index is 0.415. The van der Waals surface area contributed by atoms with Gasteiger partial charge in [0.2, 0.25) is 0 Å². The van der Waals surface area contributed by atoms with Gasteiger partial charge in [0.05, 0.1) is 5.69 Å². The second-order valence-electron chi connectivity index (χ2n) is 5.11. The number of nitrogens with two attached hydrogens (primary N) is 1. The van der Waals surface area contributed by atoms with E-state index in [1.807, 2.05) is 18.3 Å². The van der Waals surface area contributed by atoms with Crippen molar-refractivity contribution in [3.8, 4) is 0 Å². The first kappa shape index (κ1) is 11.3. The van der Waals surface area contributed by atoms with Crippen LogP contribution in [0.25, 0.3) is 0 Å². The molecule has 0 spiro atoms. The van der Waals surface area contributed by atoms with Gasteiger partial charge in [0.25, 0.3) is 0 Å². The second kappa shape index (κ2) is 4.45. The van der Waals surface area contributed by atoms with Gasteiger partial charge in [0.15, 0.2) is 0 Å². The molecule has 1 unspecified atom stereocenters. The normalized spacial score (nSPS) is 18.4. The molecule has 1 aliphatic carbocycles. The summed E-state index contributed by atoms with van der Waals surface area (Å²) in [6, 6.07) is 10.4. The molecule has 2 nitrogen and oxygen atoms in total. The van der Waals surface area contributed by atoms with Gasteiger partial charge in [-0.3, -0.25) is 4.98 Å². The van der Waals surface area contributed by atoms with E-state index in [1.165, 1.54) is 35.2 Å². The van der Waals surface area contributed by atoms with Gasteiger partial charge in [0.1, 0.15) is 0 Å². The van der Waals surface area contributed by atoms with Crippen LogP contribution in [0.4, 0.5) is 5.69 Å². The fourth-order valence-corrected chi connectivity index (χ4v) is 2.95. The van der Waals surface area contributed by atoms with E-state index in [-0.39, 0.29) is 0 Å². The molecule has 2 aromatic rings. The second-order valence-corrected chi connectivity index (χ2v) is 5.11. The molecule has 0 radical (unpaired) electrons. The lowest BCUT2D eigenvalue weighted by molar-refractivity contribution is 0.597. The van der Waals surface area contributed by atoms with Crippen LogP contribution in [0.5, 0.6) is 0 Å². The highest BCUT2D eigenvalue weighted by molar-refractivity contribution is 5.48. The van der Waals surface area contributed by atoms with Crippen LogP contribution in [0.1, 0.15) is 41.1 Å². The maximum Gasteiger partial charge on any atom is 0.0510 e. The smallest absolute Gasteiger partial charge is 0.0510 e. The predicted molar refractivity (Wildman–Crippen MR) is 74.6 cm³/mol. The predicted octanol–water partition coefficient (Wildman–Crippen LogP) is 3.44. The minimum Gasteiger partial charge on any atom is -0.399 e. The topological polar surface area (TPSA) is 38.9 Å². The minimum atomic E-state index is 0.415. The van der Waals surface area contributed by atoms with Gasteiger partial charge in [-0.2, -0.15) is 0 Å². The van der Waals surface area contributed by atoms with Crippen molar-refractivity contribution in [2.24, 2.45) is 0 Å². The number of rotatable bonds is 1. The van der Waals surface area contributed by atoms with E-state index in [0.29, 0.717) is 5.92 Å². The van der Waals surface area contributed by atoms with Crippen molar-refractivity contribution < 1.29 is 0 Å². The van der Waals surface area contributed by atoms with E-state index in [1.54, 1.807) is 0 Å². The van der Waals surface area contributed by atoms with Gasteiger partial charge in [0, 0.05) is 17.8 Å². The number of fused-ring (bicyclic) bond motifs is 1. The van der Waals surface area contributed by atoms with Gasteiger partial charge in [-0.25, -0.2) is 0 Å². The summed E-state index contributed by atoms with van der Waals surface area (Å²) in [6.45, 7) is 2.16. The Morgan fingerprint density at radius 3 is 3.06 bits per heavy atom. The van der Waals surface area contributed by atoms with Crippen LogP contribution in [0.3, 0.4) is 0 Å². The molecule has 1 aromatic carbocycles. The highest BCUT2D eigenvalue weighted by Gasteiger charge is 2.24. The number of anilines is 1. The molecule has 1 atom stereocenters. The Morgan fingerprint density at radius 1 is 1.28 bits per heavy atom. The average Bonchev–Trinajstić information content (AvgIpc) is 2.41. The van der Waals surface area contributed by atoms with Crippen LogP contribution < -0.4 is 5.73 Å². The highest BCUT2D eigenvalue weighted by atomic mass is 14.7. The summed E-state index contributed by atoms with van der Waals surface area (Å²) in [5, 5.41) is 0. The Balaban J connectivity index is 2.11. The maximum absolute atomic E-state index is 5.93. The number of aryl methyl sites for hydroxylation is 2. The summed E-state index contributed by atoms with van der Waals surface area (Å²) in [5.74, 6) is 0.415. The molecule has 18 heavy (non-hydrogen) atoms. The summed E-state index contributed by atoms with van der Waals surface area (Å²) in [7, 11) is 0. The molecule has 1 aliphatic rings. The van der Waals surface area contributed by atoms with Crippen molar-refractivity contribution >= 4 is 5.69 Å². The van der Waals surface area contributed by atoms with Crippen LogP contribution in [0.2, 0.25) is 0 Å². The lowest BCUT2D eigenvalue weighted by Crippen LogP contribution is -2.14. The number of aromatic nitrogens is 1. The van der Waals surface area contributed by atoms with Gasteiger partial charge in [-0.05, 0) is 61.1 Å². The first-order valence-corrected chi connectivity index (χ1v) is 6.55. The molecule has 1 aromatic heterocycles. The summed E-state index contributed by atoms with van der Waals surface area (Å²) >= 11 is 0. The number of benzene rings is 1. The zero-order valence-electron chi connectivity index (χ0n) is 10.7. The molecule has 0 saturated carbocycles. The molecule has 3 rings (SSSR count). The summed E-state index contributed by atoms with van der Waals surface area (Å²) in [4.78, 5) is 4.61. The van der Waals surface area contributed by atoms with E-state index >= 15 is 0 Å². The third kappa shape index (κ3) is 1.88. The third-order valence-corrected chi connectivity index (χ3v) is 3.87. The summed E-state index contributed by atoms with van der Waals surface area (Å²) in [5.41, 5.74) is 12.1. The lowest BCUT2D eigenvalue weighted by atomic mass is 9.80. The first-order valence-electron chi connectivity index (χ1n) is 6.55. The van der Waals surface area contributed by atoms with Crippen molar-refractivity contribution in [1.82, 2.24) is 4.98 Å². The number of nitrogen functional groups attached to an aromatic ring is 1. The monoisotopic (exact) mass is 238 g/mol. The zero-order chi connectivity index (χ0) is 12.5. The number of hydrogen-bond donors (Lipinski definition) is 1. The fourth-order valence-electron chi connectivity index (χ4n) is 2.95. The molecule has 92 valence electrons. The average molecular weight is 238 g/mol. The van der Waals surface area contributed by atoms with Crippen LogP contribution in [0, 0.1) is 6.92 Å². The standard InChI is InChI=1S/C16H18N2/c1-11-7-8-13(17)10-15(11)14-6-2-4-12-5-3-9-18-16(12)14/h3,5,7-10,14H,2,4,6,17H2,1H3. The van der Waals surface area contributed by atoms with Crippen molar-refractivity contribution in [3.05, 3.63) is 58.9 Å². The van der Waals surface area contributed by atoms with E-state index in [0.717, 1.165) is 12.1 Å². The summed E-state index contributed by atoms with van der Waals surface area (Å²) < 4.78 is 0. The highest BCUT2D eigenvalue weighted by Crippen LogP contribution is 2.37. The van der Waals surface area contributed by atoms with Crippen molar-refractivity contribution in [2.45, 2.75) is 32.1 Å². The van der Waals surface area contributed by atoms with Crippen LogP contribution in [-0.2, 0) is 6.42 Å². The number of hydrogen-bond acceptors (Lipinski definition) is 2. The van der Waals surface area contributed by atoms with Crippen LogP contribution in [0.15, 0.2) is 36.5 Å². The van der Waals surface area contributed by atoms with Gasteiger partial charge >= 0.3 is 0 Å². The molecule has 0 bridgehead atoms. The first-order chi connectivity index (χ1) is 8.75. The van der Waals surface area contributed by atoms with Crippen LogP contribution >= 0.6 is 0 Å². The Hall–Kier alpha value is -1.83. The van der Waals surface area contributed by atoms with E-state index < -0.39 is 0 Å². The summed E-state index contributed by atoms with van der Waals surface area (Å²) in [6.07, 6.45) is 5.46. The molecule has 2 N–H and O–H groups in total. The Labute approximate surface area is 108 Å².